The van der Waals surface area contributed by atoms with E-state index in [1.54, 1.807) is 42.2 Å². The fourth-order valence-electron chi connectivity index (χ4n) is 3.08. The molecule has 1 N–H and O–H groups in total. The highest BCUT2D eigenvalue weighted by Crippen LogP contribution is 2.19. The minimum atomic E-state index is -0.164. The number of carbonyl (C=O) groups excluding carboxylic acids is 1. The summed E-state index contributed by atoms with van der Waals surface area (Å²) in [6.07, 6.45) is 1.56. The number of fused-ring (bicyclic) bond motifs is 1. The molecule has 0 radical (unpaired) electrons. The van der Waals surface area contributed by atoms with Crippen LogP contribution < -0.4 is 15.6 Å². The van der Waals surface area contributed by atoms with Gasteiger partial charge < -0.3 is 14.5 Å². The molecule has 0 saturated carbocycles. The maximum atomic E-state index is 13.0. The Labute approximate surface area is 183 Å². The number of hydrogen-bond donors (Lipinski definition) is 1. The summed E-state index contributed by atoms with van der Waals surface area (Å²) in [4.78, 5) is 30.1. The van der Waals surface area contributed by atoms with Gasteiger partial charge in [0.15, 0.2) is 5.16 Å². The molecule has 4 aromatic rings. The smallest absolute Gasteiger partial charge is 0.262 e. The number of rotatable bonds is 8. The van der Waals surface area contributed by atoms with E-state index in [1.165, 1.54) is 11.8 Å². The predicted molar refractivity (Wildman–Crippen MR) is 119 cm³/mol. The summed E-state index contributed by atoms with van der Waals surface area (Å²) in [5.74, 6) is 1.40. The minimum Gasteiger partial charge on any atom is -0.497 e. The Morgan fingerprint density at radius 2 is 1.94 bits per heavy atom. The van der Waals surface area contributed by atoms with Crippen LogP contribution >= 0.6 is 11.8 Å². The predicted octanol–water partition coefficient (Wildman–Crippen LogP) is 3.45. The average Bonchev–Trinajstić information content (AvgIpc) is 3.32. The van der Waals surface area contributed by atoms with Crippen molar-refractivity contribution in [1.82, 2.24) is 14.9 Å². The highest BCUT2D eigenvalue weighted by atomic mass is 32.2. The van der Waals surface area contributed by atoms with Gasteiger partial charge in [-0.1, -0.05) is 36.0 Å². The number of benzene rings is 2. The molecule has 0 saturated heterocycles. The summed E-state index contributed by atoms with van der Waals surface area (Å²) < 4.78 is 12.1. The van der Waals surface area contributed by atoms with E-state index in [1.807, 2.05) is 36.4 Å². The van der Waals surface area contributed by atoms with Crippen LogP contribution in [-0.2, 0) is 17.9 Å². The van der Waals surface area contributed by atoms with Crippen molar-refractivity contribution in [2.45, 2.75) is 18.2 Å². The van der Waals surface area contributed by atoms with Crippen molar-refractivity contribution in [3.8, 4) is 5.75 Å². The first-order valence-corrected chi connectivity index (χ1v) is 10.7. The van der Waals surface area contributed by atoms with Gasteiger partial charge in [-0.05, 0) is 42.0 Å². The molecular formula is C23H21N3O4S. The Bertz CT molecular complexity index is 1230. The lowest BCUT2D eigenvalue weighted by Gasteiger charge is -2.12. The van der Waals surface area contributed by atoms with Crippen LogP contribution in [0.15, 0.2) is 81.3 Å². The van der Waals surface area contributed by atoms with Gasteiger partial charge in [0.2, 0.25) is 5.91 Å². The Balaban J connectivity index is 1.48. The number of carbonyl (C=O) groups is 1. The lowest BCUT2D eigenvalue weighted by Crippen LogP contribution is -2.27. The number of amides is 1. The first-order chi connectivity index (χ1) is 15.1. The first-order valence-electron chi connectivity index (χ1n) is 9.68. The third kappa shape index (κ3) is 4.97. The van der Waals surface area contributed by atoms with Gasteiger partial charge in [-0.15, -0.1) is 0 Å². The molecule has 8 heteroatoms. The zero-order valence-corrected chi connectivity index (χ0v) is 17.7. The topological polar surface area (TPSA) is 86.4 Å². The van der Waals surface area contributed by atoms with E-state index < -0.39 is 0 Å². The number of thioether (sulfide) groups is 1. The third-order valence-electron chi connectivity index (χ3n) is 4.70. The second kappa shape index (κ2) is 9.53. The standard InChI is InChI=1S/C23H21N3O4S/c1-29-17-10-8-16(9-11-17)13-24-21(27)15-31-23-25-20-7-3-2-6-19(20)22(28)26(23)14-18-5-4-12-30-18/h2-12H,13-15H2,1H3,(H,24,27). The lowest BCUT2D eigenvalue weighted by molar-refractivity contribution is -0.118. The summed E-state index contributed by atoms with van der Waals surface area (Å²) >= 11 is 1.23. The number of nitrogens with one attached hydrogen (secondary N) is 1. The Morgan fingerprint density at radius 3 is 2.68 bits per heavy atom. The van der Waals surface area contributed by atoms with Gasteiger partial charge in [0.05, 0.1) is 36.6 Å². The van der Waals surface area contributed by atoms with E-state index in [2.05, 4.69) is 10.3 Å². The quantitative estimate of drug-likeness (QED) is 0.337. The van der Waals surface area contributed by atoms with Crippen molar-refractivity contribution < 1.29 is 13.9 Å². The molecular weight excluding hydrogens is 414 g/mol. The van der Waals surface area contributed by atoms with Crippen molar-refractivity contribution in [3.05, 3.63) is 88.6 Å². The lowest BCUT2D eigenvalue weighted by atomic mass is 10.2. The molecule has 1 amide bonds. The number of hydrogen-bond acceptors (Lipinski definition) is 6. The summed E-state index contributed by atoms with van der Waals surface area (Å²) in [7, 11) is 1.61. The molecule has 0 aliphatic heterocycles. The van der Waals surface area contributed by atoms with Gasteiger partial charge in [-0.2, -0.15) is 0 Å². The Kier molecular flexibility index (Phi) is 6.37. The summed E-state index contributed by atoms with van der Waals surface area (Å²) in [6, 6.07) is 18.3. The SMILES string of the molecule is COc1ccc(CNC(=O)CSc2nc3ccccc3c(=O)n2Cc2ccco2)cc1. The molecule has 0 aliphatic rings. The molecule has 0 fully saturated rings. The molecule has 0 atom stereocenters. The van der Waals surface area contributed by atoms with Gasteiger partial charge in [0, 0.05) is 6.54 Å². The number of methoxy groups -OCH3 is 1. The number of nitrogens with zero attached hydrogens (tertiary/aromatic N) is 2. The van der Waals surface area contributed by atoms with E-state index in [-0.39, 0.29) is 23.8 Å². The average molecular weight is 436 g/mol. The number of aromatic nitrogens is 2. The van der Waals surface area contributed by atoms with E-state index >= 15 is 0 Å². The van der Waals surface area contributed by atoms with Crippen LogP contribution in [0.5, 0.6) is 5.75 Å². The number of para-hydroxylation sites is 1. The van der Waals surface area contributed by atoms with Crippen LogP contribution in [0.1, 0.15) is 11.3 Å². The zero-order valence-electron chi connectivity index (χ0n) is 16.9. The van der Waals surface area contributed by atoms with Crippen molar-refractivity contribution in [2.24, 2.45) is 0 Å². The van der Waals surface area contributed by atoms with E-state index in [9.17, 15) is 9.59 Å². The fraction of sp³-hybridized carbons (Fsp3) is 0.174. The van der Waals surface area contributed by atoms with Crippen LogP contribution in [0.4, 0.5) is 0 Å². The molecule has 0 unspecified atom stereocenters. The van der Waals surface area contributed by atoms with Crippen LogP contribution in [0.3, 0.4) is 0 Å². The van der Waals surface area contributed by atoms with Gasteiger partial charge in [0.25, 0.3) is 5.56 Å². The normalized spacial score (nSPS) is 10.9. The second-order valence-corrected chi connectivity index (χ2v) is 7.74. The van der Waals surface area contributed by atoms with Gasteiger partial charge in [0.1, 0.15) is 11.5 Å². The van der Waals surface area contributed by atoms with E-state index in [4.69, 9.17) is 9.15 Å². The fourth-order valence-corrected chi connectivity index (χ4v) is 3.91. The van der Waals surface area contributed by atoms with Crippen LogP contribution in [0, 0.1) is 0 Å². The highest BCUT2D eigenvalue weighted by molar-refractivity contribution is 7.99. The molecule has 0 bridgehead atoms. The first kappa shape index (κ1) is 20.7. The Hall–Kier alpha value is -3.52. The van der Waals surface area contributed by atoms with Gasteiger partial charge in [-0.3, -0.25) is 14.2 Å². The number of furan rings is 1. The van der Waals surface area contributed by atoms with Gasteiger partial charge in [-0.25, -0.2) is 4.98 Å². The molecule has 2 aromatic carbocycles. The monoisotopic (exact) mass is 435 g/mol. The molecule has 7 nitrogen and oxygen atoms in total. The van der Waals surface area contributed by atoms with Crippen molar-refractivity contribution >= 4 is 28.6 Å². The maximum Gasteiger partial charge on any atom is 0.262 e. The van der Waals surface area contributed by atoms with Crippen molar-refractivity contribution in [3.63, 3.8) is 0 Å². The Morgan fingerprint density at radius 1 is 1.13 bits per heavy atom. The zero-order chi connectivity index (χ0) is 21.6. The third-order valence-corrected chi connectivity index (χ3v) is 5.68. The molecule has 31 heavy (non-hydrogen) atoms. The van der Waals surface area contributed by atoms with Crippen molar-refractivity contribution in [1.29, 1.82) is 0 Å². The largest absolute Gasteiger partial charge is 0.497 e. The molecule has 158 valence electrons. The maximum absolute atomic E-state index is 13.0. The minimum absolute atomic E-state index is 0.138. The molecule has 0 aliphatic carbocycles. The molecule has 2 aromatic heterocycles. The van der Waals surface area contributed by atoms with Crippen molar-refractivity contribution in [2.75, 3.05) is 12.9 Å². The van der Waals surface area contributed by atoms with Crippen LogP contribution in [-0.4, -0.2) is 28.3 Å². The van der Waals surface area contributed by atoms with E-state index in [0.717, 1.165) is 11.3 Å². The molecule has 2 heterocycles. The summed E-state index contributed by atoms with van der Waals surface area (Å²) in [5, 5.41) is 3.89. The molecule has 0 spiro atoms. The van der Waals surface area contributed by atoms with Gasteiger partial charge >= 0.3 is 0 Å². The highest BCUT2D eigenvalue weighted by Gasteiger charge is 2.14. The second-order valence-electron chi connectivity index (χ2n) is 6.80. The summed E-state index contributed by atoms with van der Waals surface area (Å²) in [5.41, 5.74) is 1.41. The van der Waals surface area contributed by atoms with Crippen LogP contribution in [0.25, 0.3) is 10.9 Å². The van der Waals surface area contributed by atoms with E-state index in [0.29, 0.717) is 28.4 Å². The summed E-state index contributed by atoms with van der Waals surface area (Å²) in [6.45, 7) is 0.660. The van der Waals surface area contributed by atoms with Crippen LogP contribution in [0.2, 0.25) is 0 Å². The number of ether oxygens (including phenoxy) is 1. The molecule has 4 rings (SSSR count).